The van der Waals surface area contributed by atoms with E-state index in [1.165, 1.54) is 23.5 Å². The van der Waals surface area contributed by atoms with Crippen LogP contribution in [-0.4, -0.2) is 11.1 Å². The first-order valence-electron chi connectivity index (χ1n) is 8.55. The van der Waals surface area contributed by atoms with Gasteiger partial charge in [-0.2, -0.15) is 0 Å². The van der Waals surface area contributed by atoms with Crippen LogP contribution in [0.25, 0.3) is 6.08 Å². The second kappa shape index (κ2) is 8.83. The smallest absolute Gasteiger partial charge is 0.264 e. The van der Waals surface area contributed by atoms with Gasteiger partial charge >= 0.3 is 0 Å². The van der Waals surface area contributed by atoms with Gasteiger partial charge in [-0.15, -0.1) is 0 Å². The van der Waals surface area contributed by atoms with Crippen molar-refractivity contribution < 1.29 is 9.21 Å². The molecular formula is C21H14BrClN2O2S2. The molecular weight excluding hydrogens is 492 g/mol. The first kappa shape index (κ1) is 20.3. The van der Waals surface area contributed by atoms with Crippen LogP contribution < -0.4 is 5.32 Å². The van der Waals surface area contributed by atoms with Gasteiger partial charge in [0.1, 0.15) is 5.76 Å². The third-order valence-electron chi connectivity index (χ3n) is 3.89. The highest BCUT2D eigenvalue weighted by Crippen LogP contribution is 2.38. The summed E-state index contributed by atoms with van der Waals surface area (Å²) in [6.07, 6.45) is 1.72. The molecule has 0 atom stereocenters. The van der Waals surface area contributed by atoms with Crippen LogP contribution in [0, 0.1) is 6.92 Å². The zero-order valence-corrected chi connectivity index (χ0v) is 19.1. The predicted octanol–water partition coefficient (Wildman–Crippen LogP) is 7.05. The molecule has 146 valence electrons. The number of aliphatic imine (C=N–C) groups is 1. The topological polar surface area (TPSA) is 54.6 Å². The number of thioether (sulfide) groups is 1. The Kier molecular flexibility index (Phi) is 6.20. The van der Waals surface area contributed by atoms with Gasteiger partial charge in [0.15, 0.2) is 10.3 Å². The number of rotatable bonds is 4. The summed E-state index contributed by atoms with van der Waals surface area (Å²) in [7, 11) is 0. The normalized spacial score (nSPS) is 16.6. The summed E-state index contributed by atoms with van der Waals surface area (Å²) in [6.45, 7) is 2.02. The fourth-order valence-electron chi connectivity index (χ4n) is 2.47. The van der Waals surface area contributed by atoms with Crippen molar-refractivity contribution in [2.24, 2.45) is 4.99 Å². The van der Waals surface area contributed by atoms with Crippen molar-refractivity contribution in [3.05, 3.63) is 80.3 Å². The maximum Gasteiger partial charge on any atom is 0.264 e. The third-order valence-corrected chi connectivity index (χ3v) is 6.90. The van der Waals surface area contributed by atoms with E-state index in [9.17, 15) is 4.79 Å². The van der Waals surface area contributed by atoms with Crippen molar-refractivity contribution in [3.8, 4) is 0 Å². The summed E-state index contributed by atoms with van der Waals surface area (Å²) in [6, 6.07) is 17.2. The fourth-order valence-corrected chi connectivity index (χ4v) is 4.74. The molecule has 8 heteroatoms. The number of carbonyl (C=O) groups excluding carboxylic acids is 1. The quantitative estimate of drug-likeness (QED) is 0.386. The van der Waals surface area contributed by atoms with Crippen LogP contribution in [0.4, 0.5) is 5.69 Å². The highest BCUT2D eigenvalue weighted by molar-refractivity contribution is 9.10. The van der Waals surface area contributed by atoms with Gasteiger partial charge in [-0.25, -0.2) is 4.99 Å². The van der Waals surface area contributed by atoms with Gasteiger partial charge < -0.3 is 9.73 Å². The molecule has 1 amide bonds. The van der Waals surface area contributed by atoms with E-state index >= 15 is 0 Å². The Balaban J connectivity index is 1.51. The number of nitrogens with one attached hydrogen (secondary N) is 1. The average molecular weight is 506 g/mol. The zero-order chi connectivity index (χ0) is 20.4. The summed E-state index contributed by atoms with van der Waals surface area (Å²) < 4.78 is 6.72. The molecule has 0 bridgehead atoms. The molecule has 0 spiro atoms. The fraction of sp³-hybridized carbons (Fsp3) is 0.0476. The summed E-state index contributed by atoms with van der Waals surface area (Å²) in [5, 5.41) is 4.73. The molecule has 2 aromatic carbocycles. The summed E-state index contributed by atoms with van der Waals surface area (Å²) in [4.78, 5) is 18.3. The Morgan fingerprint density at radius 3 is 2.62 bits per heavy atom. The number of furan rings is 1. The van der Waals surface area contributed by atoms with E-state index in [2.05, 4.69) is 26.2 Å². The van der Waals surface area contributed by atoms with Crippen molar-refractivity contribution >= 4 is 73.9 Å². The SMILES string of the molecule is Cc1ccc(N=C2NC(=O)/C(=C/c3cc(Br)c(Sc4ccc(Cl)cc4)o3)S2)cc1. The Hall–Kier alpha value is -1.93. The predicted molar refractivity (Wildman–Crippen MR) is 124 cm³/mol. The van der Waals surface area contributed by atoms with Crippen LogP contribution in [-0.2, 0) is 4.79 Å². The zero-order valence-electron chi connectivity index (χ0n) is 15.1. The molecule has 1 aliphatic heterocycles. The number of hydrogen-bond donors (Lipinski definition) is 1. The van der Waals surface area contributed by atoms with Crippen molar-refractivity contribution in [3.63, 3.8) is 0 Å². The maximum absolute atomic E-state index is 12.3. The second-order valence-electron chi connectivity index (χ2n) is 6.16. The first-order chi connectivity index (χ1) is 14.0. The molecule has 4 rings (SSSR count). The molecule has 1 aliphatic rings. The highest BCUT2D eigenvalue weighted by atomic mass is 79.9. The number of hydrogen-bond acceptors (Lipinski definition) is 5. The average Bonchev–Trinajstić information content (AvgIpc) is 3.21. The lowest BCUT2D eigenvalue weighted by Crippen LogP contribution is -2.19. The van der Waals surface area contributed by atoms with Crippen molar-refractivity contribution in [2.75, 3.05) is 0 Å². The van der Waals surface area contributed by atoms with E-state index in [1.807, 2.05) is 61.5 Å². The van der Waals surface area contributed by atoms with E-state index in [1.54, 1.807) is 6.08 Å². The Bertz CT molecular complexity index is 1120. The number of halogens is 2. The lowest BCUT2D eigenvalue weighted by Gasteiger charge is -1.98. The minimum absolute atomic E-state index is 0.194. The molecule has 2 heterocycles. The molecule has 0 radical (unpaired) electrons. The molecule has 1 aromatic heterocycles. The van der Waals surface area contributed by atoms with Gasteiger partial charge in [-0.1, -0.05) is 41.1 Å². The van der Waals surface area contributed by atoms with E-state index in [4.69, 9.17) is 16.0 Å². The summed E-state index contributed by atoms with van der Waals surface area (Å²) in [5.41, 5.74) is 1.95. The largest absolute Gasteiger partial charge is 0.449 e. The minimum Gasteiger partial charge on any atom is -0.449 e. The summed E-state index contributed by atoms with van der Waals surface area (Å²) in [5.74, 6) is 0.392. The van der Waals surface area contributed by atoms with E-state index in [0.717, 1.165) is 20.6 Å². The maximum atomic E-state index is 12.3. The molecule has 4 nitrogen and oxygen atoms in total. The van der Waals surface area contributed by atoms with Crippen LogP contribution in [0.1, 0.15) is 11.3 Å². The van der Waals surface area contributed by atoms with Crippen LogP contribution in [0.3, 0.4) is 0 Å². The van der Waals surface area contributed by atoms with Crippen LogP contribution >= 0.6 is 51.1 Å². The van der Waals surface area contributed by atoms with Gasteiger partial charge in [0.25, 0.3) is 5.91 Å². The molecule has 0 unspecified atom stereocenters. The van der Waals surface area contributed by atoms with Gasteiger partial charge in [0.2, 0.25) is 0 Å². The minimum atomic E-state index is -0.194. The second-order valence-corrected chi connectivity index (χ2v) is 9.53. The Morgan fingerprint density at radius 1 is 1.17 bits per heavy atom. The summed E-state index contributed by atoms with van der Waals surface area (Å²) >= 11 is 12.2. The van der Waals surface area contributed by atoms with Crippen LogP contribution in [0.15, 0.2) is 83.4 Å². The monoisotopic (exact) mass is 504 g/mol. The van der Waals surface area contributed by atoms with Gasteiger partial charge in [-0.3, -0.25) is 4.79 Å². The van der Waals surface area contributed by atoms with E-state index < -0.39 is 0 Å². The Labute approximate surface area is 189 Å². The van der Waals surface area contributed by atoms with E-state index in [-0.39, 0.29) is 5.91 Å². The standard InChI is InChI=1S/C21H14BrClN2O2S2/c1-12-2-6-14(7-3-12)24-21-25-19(26)18(29-21)11-15-10-17(22)20(27-15)28-16-8-4-13(23)5-9-16/h2-11H,1H3,(H,24,25,26)/b18-11-. The van der Waals surface area contributed by atoms with Gasteiger partial charge in [0, 0.05) is 16.0 Å². The molecule has 29 heavy (non-hydrogen) atoms. The van der Waals surface area contributed by atoms with Gasteiger partial charge in [-0.05, 0) is 77.1 Å². The molecule has 1 fully saturated rings. The highest BCUT2D eigenvalue weighted by Gasteiger charge is 2.24. The van der Waals surface area contributed by atoms with Crippen molar-refractivity contribution in [1.29, 1.82) is 0 Å². The van der Waals surface area contributed by atoms with Crippen molar-refractivity contribution in [1.82, 2.24) is 5.32 Å². The molecule has 1 N–H and O–H groups in total. The number of aryl methyl sites for hydroxylation is 1. The molecule has 0 saturated carbocycles. The first-order valence-corrected chi connectivity index (χ1v) is 11.4. The van der Waals surface area contributed by atoms with Gasteiger partial charge in [0.05, 0.1) is 15.1 Å². The molecule has 3 aromatic rings. The molecule has 0 aliphatic carbocycles. The lowest BCUT2D eigenvalue weighted by molar-refractivity contribution is -0.115. The molecule has 1 saturated heterocycles. The lowest BCUT2D eigenvalue weighted by atomic mass is 10.2. The van der Waals surface area contributed by atoms with Crippen LogP contribution in [0.2, 0.25) is 5.02 Å². The Morgan fingerprint density at radius 2 is 1.90 bits per heavy atom. The van der Waals surface area contributed by atoms with Crippen LogP contribution in [0.5, 0.6) is 0 Å². The van der Waals surface area contributed by atoms with E-state index in [0.29, 0.717) is 25.9 Å². The number of nitrogens with zero attached hydrogens (tertiary/aromatic N) is 1. The number of carbonyl (C=O) groups is 1. The number of amides is 1. The van der Waals surface area contributed by atoms with Crippen molar-refractivity contribution in [2.45, 2.75) is 16.9 Å². The number of amidine groups is 1. The number of benzene rings is 2. The third kappa shape index (κ3) is 5.17.